The van der Waals surface area contributed by atoms with Crippen LogP contribution in [0.15, 0.2) is 18.2 Å². The van der Waals surface area contributed by atoms with Crippen LogP contribution in [0.2, 0.25) is 0 Å². The molecule has 1 heterocycles. The lowest BCUT2D eigenvalue weighted by atomic mass is 10.2. The number of rotatable bonds is 4. The fourth-order valence-electron chi connectivity index (χ4n) is 2.10. The number of nitrogens with zero attached hydrogens (tertiary/aromatic N) is 2. The third-order valence-corrected chi connectivity index (χ3v) is 3.04. The molecule has 4 nitrogen and oxygen atoms in total. The summed E-state index contributed by atoms with van der Waals surface area (Å²) in [5.41, 5.74) is 6.08. The van der Waals surface area contributed by atoms with Crippen molar-refractivity contribution in [3.63, 3.8) is 0 Å². The Labute approximate surface area is 109 Å². The van der Waals surface area contributed by atoms with E-state index >= 15 is 0 Å². The van der Waals surface area contributed by atoms with Crippen molar-refractivity contribution in [1.82, 2.24) is 9.55 Å². The number of aromatic nitrogens is 2. The van der Waals surface area contributed by atoms with E-state index in [1.165, 1.54) is 6.07 Å². The number of fused-ring (bicyclic) bond motifs is 1. The molecule has 0 bridgehead atoms. The first kappa shape index (κ1) is 12.8. The summed E-state index contributed by atoms with van der Waals surface area (Å²) >= 11 is 5.81. The van der Waals surface area contributed by atoms with E-state index in [1.54, 1.807) is 16.7 Å². The van der Waals surface area contributed by atoms with E-state index in [9.17, 15) is 9.18 Å². The third-order valence-electron chi connectivity index (χ3n) is 2.80. The van der Waals surface area contributed by atoms with Gasteiger partial charge in [0, 0.05) is 12.5 Å². The summed E-state index contributed by atoms with van der Waals surface area (Å²) in [6, 6.07) is 4.49. The Kier molecular flexibility index (Phi) is 3.52. The number of carbonyl (C=O) groups is 1. The molecule has 18 heavy (non-hydrogen) atoms. The van der Waals surface area contributed by atoms with Crippen LogP contribution >= 0.6 is 11.6 Å². The van der Waals surface area contributed by atoms with Crippen LogP contribution in [0.5, 0.6) is 0 Å². The maximum Gasteiger partial charge on any atom is 0.219 e. The number of nitrogens with two attached hydrogens (primary N) is 1. The summed E-state index contributed by atoms with van der Waals surface area (Å²) in [6.45, 7) is 1.83. The van der Waals surface area contributed by atoms with Gasteiger partial charge < -0.3 is 10.3 Å². The molecule has 1 aromatic heterocycles. The SMILES string of the molecule is CC(CC(N)=O)n1c(CCl)nc2c(F)cccc21. The number of primary amides is 1. The van der Waals surface area contributed by atoms with Crippen LogP contribution in [0.3, 0.4) is 0 Å². The summed E-state index contributed by atoms with van der Waals surface area (Å²) in [4.78, 5) is 15.2. The Bertz CT molecular complexity index is 596. The molecule has 2 N–H and O–H groups in total. The molecule has 6 heteroatoms. The van der Waals surface area contributed by atoms with E-state index in [4.69, 9.17) is 17.3 Å². The summed E-state index contributed by atoms with van der Waals surface area (Å²) < 4.78 is 15.4. The van der Waals surface area contributed by atoms with Gasteiger partial charge in [0.05, 0.1) is 11.4 Å². The molecule has 1 aromatic carbocycles. The molecule has 1 atom stereocenters. The maximum absolute atomic E-state index is 13.6. The molecule has 96 valence electrons. The first-order chi connectivity index (χ1) is 8.54. The summed E-state index contributed by atoms with van der Waals surface area (Å²) in [7, 11) is 0. The van der Waals surface area contributed by atoms with Crippen molar-refractivity contribution in [3.8, 4) is 0 Å². The average Bonchev–Trinajstić information content (AvgIpc) is 2.68. The largest absolute Gasteiger partial charge is 0.370 e. The Morgan fingerprint density at radius 3 is 2.94 bits per heavy atom. The molecule has 0 radical (unpaired) electrons. The van der Waals surface area contributed by atoms with E-state index in [1.807, 2.05) is 6.92 Å². The zero-order chi connectivity index (χ0) is 13.3. The van der Waals surface area contributed by atoms with E-state index in [0.717, 1.165) is 0 Å². The van der Waals surface area contributed by atoms with E-state index in [0.29, 0.717) is 11.3 Å². The van der Waals surface area contributed by atoms with Gasteiger partial charge in [-0.05, 0) is 19.1 Å². The Hall–Kier alpha value is -1.62. The van der Waals surface area contributed by atoms with Crippen LogP contribution in [0.4, 0.5) is 4.39 Å². The van der Waals surface area contributed by atoms with Crippen molar-refractivity contribution in [2.45, 2.75) is 25.3 Å². The fourth-order valence-corrected chi connectivity index (χ4v) is 2.29. The van der Waals surface area contributed by atoms with Gasteiger partial charge in [0.1, 0.15) is 11.3 Å². The summed E-state index contributed by atoms with van der Waals surface area (Å²) in [5, 5.41) is 0. The minimum Gasteiger partial charge on any atom is -0.370 e. The number of amides is 1. The molecule has 0 fully saturated rings. The lowest BCUT2D eigenvalue weighted by Gasteiger charge is -2.15. The van der Waals surface area contributed by atoms with Crippen LogP contribution in [-0.2, 0) is 10.7 Å². The Morgan fingerprint density at radius 1 is 1.61 bits per heavy atom. The molecule has 1 unspecified atom stereocenters. The van der Waals surface area contributed by atoms with Gasteiger partial charge >= 0.3 is 0 Å². The third kappa shape index (κ3) is 2.18. The highest BCUT2D eigenvalue weighted by molar-refractivity contribution is 6.16. The Morgan fingerprint density at radius 2 is 2.33 bits per heavy atom. The summed E-state index contributed by atoms with van der Waals surface area (Å²) in [5.74, 6) is -0.132. The van der Waals surface area contributed by atoms with Gasteiger partial charge in [0.2, 0.25) is 5.91 Å². The molecule has 1 amide bonds. The molecule has 2 aromatic rings. The minimum absolute atomic E-state index is 0.150. The predicted octanol–water partition coefficient (Wildman–Crippen LogP) is 2.35. The highest BCUT2D eigenvalue weighted by Gasteiger charge is 2.18. The van der Waals surface area contributed by atoms with Crippen LogP contribution in [-0.4, -0.2) is 15.5 Å². The number of alkyl halides is 1. The first-order valence-electron chi connectivity index (χ1n) is 5.54. The van der Waals surface area contributed by atoms with Crippen molar-refractivity contribution in [2.24, 2.45) is 5.73 Å². The van der Waals surface area contributed by atoms with Crippen LogP contribution in [0, 0.1) is 5.82 Å². The fraction of sp³-hybridized carbons (Fsp3) is 0.333. The van der Waals surface area contributed by atoms with Gasteiger partial charge in [-0.15, -0.1) is 11.6 Å². The Balaban J connectivity index is 2.60. The smallest absolute Gasteiger partial charge is 0.219 e. The zero-order valence-corrected chi connectivity index (χ0v) is 10.6. The normalized spacial score (nSPS) is 12.8. The highest BCUT2D eigenvalue weighted by atomic mass is 35.5. The second-order valence-electron chi connectivity index (χ2n) is 4.16. The second kappa shape index (κ2) is 4.94. The number of hydrogen-bond donors (Lipinski definition) is 1. The van der Waals surface area contributed by atoms with Crippen molar-refractivity contribution in [3.05, 3.63) is 29.8 Å². The van der Waals surface area contributed by atoms with Crippen molar-refractivity contribution >= 4 is 28.5 Å². The molecule has 0 saturated heterocycles. The van der Waals surface area contributed by atoms with Crippen molar-refractivity contribution < 1.29 is 9.18 Å². The quantitative estimate of drug-likeness (QED) is 0.866. The van der Waals surface area contributed by atoms with Gasteiger partial charge in [-0.1, -0.05) is 6.07 Å². The van der Waals surface area contributed by atoms with Crippen LogP contribution in [0.25, 0.3) is 11.0 Å². The molecule has 0 spiro atoms. The predicted molar refractivity (Wildman–Crippen MR) is 67.8 cm³/mol. The van der Waals surface area contributed by atoms with Gasteiger partial charge in [0.25, 0.3) is 0 Å². The first-order valence-corrected chi connectivity index (χ1v) is 6.07. The van der Waals surface area contributed by atoms with E-state index < -0.39 is 11.7 Å². The minimum atomic E-state index is -0.415. The van der Waals surface area contributed by atoms with Crippen molar-refractivity contribution in [2.75, 3.05) is 0 Å². The zero-order valence-electron chi connectivity index (χ0n) is 9.86. The van der Waals surface area contributed by atoms with Gasteiger partial charge in [0.15, 0.2) is 5.82 Å². The molecular formula is C12H13ClFN3O. The number of para-hydroxylation sites is 1. The highest BCUT2D eigenvalue weighted by Crippen LogP contribution is 2.25. The lowest BCUT2D eigenvalue weighted by Crippen LogP contribution is -2.18. The second-order valence-corrected chi connectivity index (χ2v) is 4.43. The number of carbonyl (C=O) groups excluding carboxylic acids is 1. The lowest BCUT2D eigenvalue weighted by molar-refractivity contribution is -0.118. The summed E-state index contributed by atoms with van der Waals surface area (Å²) in [6.07, 6.45) is 0.159. The molecular weight excluding hydrogens is 257 g/mol. The van der Waals surface area contributed by atoms with Crippen LogP contribution in [0.1, 0.15) is 25.2 Å². The number of benzene rings is 1. The topological polar surface area (TPSA) is 60.9 Å². The monoisotopic (exact) mass is 269 g/mol. The molecule has 0 saturated carbocycles. The average molecular weight is 270 g/mol. The van der Waals surface area contributed by atoms with Gasteiger partial charge in [-0.3, -0.25) is 4.79 Å². The molecule has 0 aliphatic rings. The van der Waals surface area contributed by atoms with Crippen molar-refractivity contribution in [1.29, 1.82) is 0 Å². The number of imidazole rings is 1. The van der Waals surface area contributed by atoms with Gasteiger partial charge in [-0.25, -0.2) is 9.37 Å². The number of halogens is 2. The van der Waals surface area contributed by atoms with E-state index in [-0.39, 0.29) is 23.9 Å². The maximum atomic E-state index is 13.6. The standard InChI is InChI=1S/C12H13ClFN3O/c1-7(5-10(15)18)17-9-4-2-3-8(14)12(9)16-11(17)6-13/h2-4,7H,5-6H2,1H3,(H2,15,18). The molecule has 0 aliphatic heterocycles. The van der Waals surface area contributed by atoms with Crippen LogP contribution < -0.4 is 5.73 Å². The number of hydrogen-bond acceptors (Lipinski definition) is 2. The molecule has 0 aliphatic carbocycles. The molecule has 2 rings (SSSR count). The van der Waals surface area contributed by atoms with E-state index in [2.05, 4.69) is 4.98 Å². The van der Waals surface area contributed by atoms with Gasteiger partial charge in [-0.2, -0.15) is 0 Å².